The molecular weight excluding hydrogens is 415 g/mol. The summed E-state index contributed by atoms with van der Waals surface area (Å²) in [5, 5.41) is 0. The number of rotatable bonds is 9. The maximum Gasteiger partial charge on any atom is 0.330 e. The predicted octanol–water partition coefficient (Wildman–Crippen LogP) is 7.98. The minimum absolute atomic E-state index is 0.0209. The third-order valence-electron chi connectivity index (χ3n) is 6.51. The number of carbonyl (C=O) groups is 1. The molecule has 0 unspecified atom stereocenters. The van der Waals surface area contributed by atoms with Gasteiger partial charge in [-0.05, 0) is 90.8 Å². The molecule has 1 aliphatic carbocycles. The van der Waals surface area contributed by atoms with E-state index in [0.29, 0.717) is 30.8 Å². The lowest BCUT2D eigenvalue weighted by molar-refractivity contribution is -0.137. The van der Waals surface area contributed by atoms with Gasteiger partial charge in [0.15, 0.2) is 0 Å². The third-order valence-corrected chi connectivity index (χ3v) is 6.51. The van der Waals surface area contributed by atoms with E-state index in [-0.39, 0.29) is 16.7 Å². The van der Waals surface area contributed by atoms with Gasteiger partial charge in [0.25, 0.3) is 0 Å². The molecule has 33 heavy (non-hydrogen) atoms. The number of allylic oxidation sites excluding steroid dienone is 5. The van der Waals surface area contributed by atoms with E-state index in [1.807, 2.05) is 6.92 Å². The molecule has 0 N–H and O–H groups in total. The minimum atomic E-state index is -0.422. The van der Waals surface area contributed by atoms with Gasteiger partial charge in [0.05, 0.1) is 13.2 Å². The molecule has 0 atom stereocenters. The number of halogens is 1. The molecular formula is C29H41FO3. The summed E-state index contributed by atoms with van der Waals surface area (Å²) in [5.41, 5.74) is 4.72. The molecule has 0 aromatic heterocycles. The van der Waals surface area contributed by atoms with Crippen LogP contribution in [0.5, 0.6) is 5.75 Å². The number of ether oxygens (including phenoxy) is 2. The first-order chi connectivity index (χ1) is 15.5. The Bertz CT molecular complexity index is 948. The first-order valence-corrected chi connectivity index (χ1v) is 12.2. The van der Waals surface area contributed by atoms with Crippen LogP contribution >= 0.6 is 0 Å². The lowest BCUT2D eigenvalue weighted by atomic mass is 9.62. The maximum absolute atomic E-state index is 15.5. The van der Waals surface area contributed by atoms with E-state index in [0.717, 1.165) is 30.6 Å². The maximum atomic E-state index is 15.5. The highest BCUT2D eigenvalue weighted by atomic mass is 19.1. The predicted molar refractivity (Wildman–Crippen MR) is 135 cm³/mol. The third kappa shape index (κ3) is 6.59. The Hall–Kier alpha value is -2.36. The summed E-state index contributed by atoms with van der Waals surface area (Å²) in [7, 11) is 0. The first-order valence-electron chi connectivity index (χ1n) is 12.2. The number of fused-ring (bicyclic) bond motifs is 1. The summed E-state index contributed by atoms with van der Waals surface area (Å²) in [5.74, 6) is 0.0124. The molecule has 0 saturated heterocycles. The Kier molecular flexibility index (Phi) is 9.11. The van der Waals surface area contributed by atoms with E-state index in [1.165, 1.54) is 23.3 Å². The van der Waals surface area contributed by atoms with Crippen LogP contribution in [0, 0.1) is 0 Å². The summed E-state index contributed by atoms with van der Waals surface area (Å²) < 4.78 is 26.6. The first kappa shape index (κ1) is 26.9. The molecule has 3 nitrogen and oxygen atoms in total. The van der Waals surface area contributed by atoms with Crippen LogP contribution in [0.2, 0.25) is 0 Å². The van der Waals surface area contributed by atoms with E-state index in [4.69, 9.17) is 9.47 Å². The van der Waals surface area contributed by atoms with Crippen LogP contribution in [-0.4, -0.2) is 19.2 Å². The number of esters is 1. The van der Waals surface area contributed by atoms with E-state index in [2.05, 4.69) is 46.8 Å². The minimum Gasteiger partial charge on any atom is -0.493 e. The van der Waals surface area contributed by atoms with Crippen LogP contribution in [0.15, 0.2) is 41.8 Å². The normalized spacial score (nSPS) is 18.0. The standard InChI is InChI=1S/C29H41FO3/c1-9-16-33-26-19-24-23(28(5,6)14-15-29(24,7)8)18-22(26)21(10-2)25(30)13-12-20(4)17-27(31)32-11-3/h12-13,17-19H,9-11,14-16H2,1-8H3/b13-12+,20-17+,25-21+. The van der Waals surface area contributed by atoms with Gasteiger partial charge in [0, 0.05) is 11.6 Å². The molecule has 0 bridgehead atoms. The Morgan fingerprint density at radius 3 is 2.18 bits per heavy atom. The van der Waals surface area contributed by atoms with Gasteiger partial charge in [0.2, 0.25) is 0 Å². The zero-order valence-electron chi connectivity index (χ0n) is 21.7. The van der Waals surface area contributed by atoms with Crippen molar-refractivity contribution in [3.63, 3.8) is 0 Å². The number of hydrogen-bond donors (Lipinski definition) is 0. The van der Waals surface area contributed by atoms with Crippen molar-refractivity contribution in [2.75, 3.05) is 13.2 Å². The largest absolute Gasteiger partial charge is 0.493 e. The van der Waals surface area contributed by atoms with Crippen LogP contribution in [-0.2, 0) is 20.4 Å². The molecule has 1 aromatic carbocycles. The smallest absolute Gasteiger partial charge is 0.330 e. The molecule has 0 amide bonds. The van der Waals surface area contributed by atoms with Gasteiger partial charge in [0.1, 0.15) is 11.6 Å². The van der Waals surface area contributed by atoms with Gasteiger partial charge in [-0.3, -0.25) is 0 Å². The summed E-state index contributed by atoms with van der Waals surface area (Å²) in [6, 6.07) is 4.31. The van der Waals surface area contributed by atoms with Gasteiger partial charge in [-0.1, -0.05) is 47.6 Å². The van der Waals surface area contributed by atoms with Crippen molar-refractivity contribution in [1.29, 1.82) is 0 Å². The molecule has 1 aliphatic rings. The molecule has 0 saturated carbocycles. The highest BCUT2D eigenvalue weighted by molar-refractivity contribution is 5.83. The summed E-state index contributed by atoms with van der Waals surface area (Å²) in [6.45, 7) is 17.5. The van der Waals surface area contributed by atoms with Crippen LogP contribution in [0.25, 0.3) is 5.57 Å². The lowest BCUT2D eigenvalue weighted by Crippen LogP contribution is -2.34. The van der Waals surface area contributed by atoms with Crippen LogP contribution in [0.4, 0.5) is 4.39 Å². The average Bonchev–Trinajstić information content (AvgIpc) is 2.75. The van der Waals surface area contributed by atoms with E-state index in [1.54, 1.807) is 19.9 Å². The van der Waals surface area contributed by atoms with Crippen molar-refractivity contribution in [2.45, 2.75) is 91.9 Å². The van der Waals surface area contributed by atoms with Crippen molar-refractivity contribution in [2.24, 2.45) is 0 Å². The van der Waals surface area contributed by atoms with Gasteiger partial charge in [-0.2, -0.15) is 0 Å². The van der Waals surface area contributed by atoms with Crippen molar-refractivity contribution in [3.8, 4) is 5.75 Å². The molecule has 2 rings (SSSR count). The van der Waals surface area contributed by atoms with Crippen LogP contribution < -0.4 is 4.74 Å². The number of carbonyl (C=O) groups excluding carboxylic acids is 1. The lowest BCUT2D eigenvalue weighted by Gasteiger charge is -2.42. The molecule has 0 aliphatic heterocycles. The second-order valence-electron chi connectivity index (χ2n) is 10.2. The van der Waals surface area contributed by atoms with E-state index in [9.17, 15) is 4.79 Å². The fourth-order valence-electron chi connectivity index (χ4n) is 4.37. The fraction of sp³-hybridized carbons (Fsp3) is 0.552. The molecule has 0 spiro atoms. The Morgan fingerprint density at radius 2 is 1.64 bits per heavy atom. The zero-order valence-corrected chi connectivity index (χ0v) is 21.7. The second kappa shape index (κ2) is 11.2. The van der Waals surface area contributed by atoms with E-state index >= 15 is 4.39 Å². The van der Waals surface area contributed by atoms with Gasteiger partial charge >= 0.3 is 5.97 Å². The molecule has 1 aromatic rings. The Morgan fingerprint density at radius 1 is 1.03 bits per heavy atom. The van der Waals surface area contributed by atoms with Crippen LogP contribution in [0.3, 0.4) is 0 Å². The number of benzene rings is 1. The monoisotopic (exact) mass is 456 g/mol. The Labute approximate surface area is 199 Å². The Balaban J connectivity index is 2.61. The topological polar surface area (TPSA) is 35.5 Å². The molecule has 0 fully saturated rings. The molecule has 0 radical (unpaired) electrons. The molecule has 4 heteroatoms. The summed E-state index contributed by atoms with van der Waals surface area (Å²) in [4.78, 5) is 11.6. The fourth-order valence-corrected chi connectivity index (χ4v) is 4.37. The molecule has 182 valence electrons. The molecule has 0 heterocycles. The van der Waals surface area contributed by atoms with Gasteiger partial charge in [-0.15, -0.1) is 0 Å². The highest BCUT2D eigenvalue weighted by Crippen LogP contribution is 2.49. The van der Waals surface area contributed by atoms with E-state index < -0.39 is 5.97 Å². The summed E-state index contributed by atoms with van der Waals surface area (Å²) >= 11 is 0. The van der Waals surface area contributed by atoms with Crippen molar-refractivity contribution in [3.05, 3.63) is 58.5 Å². The SMILES string of the molecule is CCCOc1cc2c(cc1\C(CC)=C(F)/C=C/C(C)=C/C(=O)OCC)C(C)(C)CCC2(C)C. The summed E-state index contributed by atoms with van der Waals surface area (Å²) in [6.07, 6.45) is 8.03. The van der Waals surface area contributed by atoms with Crippen molar-refractivity contribution >= 4 is 11.5 Å². The number of hydrogen-bond acceptors (Lipinski definition) is 3. The zero-order chi connectivity index (χ0) is 24.8. The quantitative estimate of drug-likeness (QED) is 0.215. The van der Waals surface area contributed by atoms with Crippen molar-refractivity contribution in [1.82, 2.24) is 0 Å². The van der Waals surface area contributed by atoms with Crippen molar-refractivity contribution < 1.29 is 18.7 Å². The highest BCUT2D eigenvalue weighted by Gasteiger charge is 2.38. The average molecular weight is 457 g/mol. The van der Waals surface area contributed by atoms with Gasteiger partial charge in [-0.25, -0.2) is 9.18 Å². The van der Waals surface area contributed by atoms with Crippen LogP contribution in [0.1, 0.15) is 97.8 Å². The van der Waals surface area contributed by atoms with Gasteiger partial charge < -0.3 is 9.47 Å². The second-order valence-corrected chi connectivity index (χ2v) is 10.2.